The predicted octanol–water partition coefficient (Wildman–Crippen LogP) is 2.71. The quantitative estimate of drug-likeness (QED) is 0.921. The molecule has 0 radical (unpaired) electrons. The Balaban J connectivity index is 2.27. The second kappa shape index (κ2) is 4.19. The lowest BCUT2D eigenvalue weighted by molar-refractivity contribution is -0.143. The summed E-state index contributed by atoms with van der Waals surface area (Å²) in [6.07, 6.45) is 0.118. The molecule has 0 spiro atoms. The fourth-order valence-corrected chi connectivity index (χ4v) is 2.38. The van der Waals surface area contributed by atoms with E-state index in [1.807, 2.05) is 0 Å². The highest BCUT2D eigenvalue weighted by molar-refractivity contribution is 5.89. The van der Waals surface area contributed by atoms with Gasteiger partial charge < -0.3 is 5.11 Å². The molecule has 0 aromatic carbocycles. The average molecular weight is 285 g/mol. The van der Waals surface area contributed by atoms with Crippen molar-refractivity contribution in [1.82, 2.24) is 14.6 Å². The van der Waals surface area contributed by atoms with Crippen LogP contribution in [0.3, 0.4) is 0 Å². The lowest BCUT2D eigenvalue weighted by Gasteiger charge is -2.24. The van der Waals surface area contributed by atoms with Gasteiger partial charge in [-0.25, -0.2) is 14.3 Å². The SMILES string of the molecule is O=C(O)c1cnc2c(C3CCC3)cnn2c1C(F)(F)F. The van der Waals surface area contributed by atoms with Gasteiger partial charge in [0.25, 0.3) is 0 Å². The first kappa shape index (κ1) is 12.9. The third-order valence-electron chi connectivity index (χ3n) is 3.60. The van der Waals surface area contributed by atoms with Gasteiger partial charge in [0.2, 0.25) is 0 Å². The molecule has 1 fully saturated rings. The maximum absolute atomic E-state index is 13.1. The zero-order chi connectivity index (χ0) is 14.5. The molecule has 0 bridgehead atoms. The van der Waals surface area contributed by atoms with Crippen molar-refractivity contribution in [3.8, 4) is 0 Å². The van der Waals surface area contributed by atoms with Gasteiger partial charge in [0.1, 0.15) is 5.56 Å². The first-order valence-corrected chi connectivity index (χ1v) is 6.06. The number of carbonyl (C=O) groups is 1. The highest BCUT2D eigenvalue weighted by atomic mass is 19.4. The fraction of sp³-hybridized carbons (Fsp3) is 0.417. The van der Waals surface area contributed by atoms with Crippen LogP contribution >= 0.6 is 0 Å². The van der Waals surface area contributed by atoms with Crippen molar-refractivity contribution in [3.63, 3.8) is 0 Å². The molecule has 0 aliphatic heterocycles. The molecule has 106 valence electrons. The Labute approximate surface area is 111 Å². The molecular weight excluding hydrogens is 275 g/mol. The Hall–Kier alpha value is -2.12. The van der Waals surface area contributed by atoms with Crippen LogP contribution in [0.25, 0.3) is 5.65 Å². The number of carboxylic acids is 1. The van der Waals surface area contributed by atoms with Crippen molar-refractivity contribution in [2.24, 2.45) is 0 Å². The number of fused-ring (bicyclic) bond motifs is 1. The van der Waals surface area contributed by atoms with Crippen molar-refractivity contribution in [2.75, 3.05) is 0 Å². The zero-order valence-electron chi connectivity index (χ0n) is 10.2. The minimum absolute atomic E-state index is 0.0898. The molecule has 1 aliphatic rings. The van der Waals surface area contributed by atoms with Gasteiger partial charge in [0, 0.05) is 11.8 Å². The number of carboxylic acid groups (broad SMARTS) is 1. The van der Waals surface area contributed by atoms with Crippen LogP contribution in [0, 0.1) is 0 Å². The number of aromatic carboxylic acids is 1. The van der Waals surface area contributed by atoms with Gasteiger partial charge in [-0.1, -0.05) is 6.42 Å². The summed E-state index contributed by atoms with van der Waals surface area (Å²) in [5.41, 5.74) is -1.44. The first-order valence-electron chi connectivity index (χ1n) is 6.06. The Morgan fingerprint density at radius 1 is 1.35 bits per heavy atom. The summed E-state index contributed by atoms with van der Waals surface area (Å²) >= 11 is 0. The second-order valence-electron chi connectivity index (χ2n) is 4.79. The molecule has 0 amide bonds. The number of hydrogen-bond donors (Lipinski definition) is 1. The largest absolute Gasteiger partial charge is 0.478 e. The number of hydrogen-bond acceptors (Lipinski definition) is 3. The zero-order valence-corrected chi connectivity index (χ0v) is 10.2. The first-order chi connectivity index (χ1) is 9.39. The van der Waals surface area contributed by atoms with Crippen LogP contribution in [0.1, 0.15) is 46.8 Å². The summed E-state index contributed by atoms with van der Waals surface area (Å²) in [4.78, 5) is 14.8. The van der Waals surface area contributed by atoms with E-state index in [1.165, 1.54) is 6.20 Å². The molecule has 0 atom stereocenters. The lowest BCUT2D eigenvalue weighted by Crippen LogP contribution is -2.20. The molecule has 0 unspecified atom stereocenters. The summed E-state index contributed by atoms with van der Waals surface area (Å²) in [6, 6.07) is 0. The van der Waals surface area contributed by atoms with Gasteiger partial charge in [-0.15, -0.1) is 0 Å². The molecule has 5 nitrogen and oxygen atoms in total. The molecule has 1 aliphatic carbocycles. The predicted molar refractivity (Wildman–Crippen MR) is 61.5 cm³/mol. The Kier molecular flexibility index (Phi) is 2.70. The van der Waals surface area contributed by atoms with Gasteiger partial charge >= 0.3 is 12.1 Å². The van der Waals surface area contributed by atoms with Crippen molar-refractivity contribution < 1.29 is 23.1 Å². The number of rotatable bonds is 2. The standard InChI is InChI=1S/C12H10F3N3O2/c13-12(14,15)9-8(11(19)20)4-16-10-7(5-17-18(9)10)6-2-1-3-6/h4-6H,1-3H2,(H,19,20). The van der Waals surface area contributed by atoms with Crippen molar-refractivity contribution in [3.05, 3.63) is 29.2 Å². The van der Waals surface area contributed by atoms with E-state index < -0.39 is 23.4 Å². The van der Waals surface area contributed by atoms with E-state index in [2.05, 4.69) is 10.1 Å². The van der Waals surface area contributed by atoms with Crippen LogP contribution in [-0.4, -0.2) is 25.7 Å². The monoisotopic (exact) mass is 285 g/mol. The minimum Gasteiger partial charge on any atom is -0.478 e. The van der Waals surface area contributed by atoms with Crippen molar-refractivity contribution >= 4 is 11.6 Å². The number of alkyl halides is 3. The van der Waals surface area contributed by atoms with E-state index in [9.17, 15) is 18.0 Å². The molecule has 2 aromatic rings. The van der Waals surface area contributed by atoms with E-state index in [0.717, 1.165) is 25.5 Å². The highest BCUT2D eigenvalue weighted by Gasteiger charge is 2.40. The van der Waals surface area contributed by atoms with Gasteiger partial charge in [-0.05, 0) is 18.8 Å². The van der Waals surface area contributed by atoms with Crippen LogP contribution in [0.5, 0.6) is 0 Å². The van der Waals surface area contributed by atoms with Gasteiger partial charge in [0.15, 0.2) is 11.3 Å². The van der Waals surface area contributed by atoms with E-state index in [1.54, 1.807) is 0 Å². The molecule has 2 heterocycles. The maximum Gasteiger partial charge on any atom is 0.434 e. The third kappa shape index (κ3) is 1.83. The van der Waals surface area contributed by atoms with Crippen LogP contribution in [0.2, 0.25) is 0 Å². The van der Waals surface area contributed by atoms with Crippen LogP contribution in [0.4, 0.5) is 13.2 Å². The minimum atomic E-state index is -4.81. The van der Waals surface area contributed by atoms with Crippen molar-refractivity contribution in [1.29, 1.82) is 0 Å². The van der Waals surface area contributed by atoms with Crippen LogP contribution in [0.15, 0.2) is 12.4 Å². The fourth-order valence-electron chi connectivity index (χ4n) is 2.38. The summed E-state index contributed by atoms with van der Waals surface area (Å²) < 4.78 is 39.9. The number of halogens is 3. The summed E-state index contributed by atoms with van der Waals surface area (Å²) in [6.45, 7) is 0. The molecule has 1 N–H and O–H groups in total. The summed E-state index contributed by atoms with van der Waals surface area (Å²) in [5, 5.41) is 12.6. The van der Waals surface area contributed by atoms with E-state index in [4.69, 9.17) is 5.11 Å². The van der Waals surface area contributed by atoms with E-state index in [0.29, 0.717) is 10.1 Å². The third-order valence-corrected chi connectivity index (χ3v) is 3.60. The maximum atomic E-state index is 13.1. The second-order valence-corrected chi connectivity index (χ2v) is 4.79. The molecule has 0 saturated heterocycles. The average Bonchev–Trinajstić information content (AvgIpc) is 2.68. The van der Waals surface area contributed by atoms with Gasteiger partial charge in [-0.2, -0.15) is 18.3 Å². The molecule has 3 rings (SSSR count). The molecular formula is C12H10F3N3O2. The molecule has 20 heavy (non-hydrogen) atoms. The Morgan fingerprint density at radius 2 is 2.05 bits per heavy atom. The normalized spacial score (nSPS) is 16.4. The Morgan fingerprint density at radius 3 is 2.55 bits per heavy atom. The van der Waals surface area contributed by atoms with Gasteiger partial charge in [-0.3, -0.25) is 0 Å². The highest BCUT2D eigenvalue weighted by Crippen LogP contribution is 2.39. The summed E-state index contributed by atoms with van der Waals surface area (Å²) in [7, 11) is 0. The lowest BCUT2D eigenvalue weighted by atomic mass is 9.81. The van der Waals surface area contributed by atoms with E-state index >= 15 is 0 Å². The van der Waals surface area contributed by atoms with Crippen LogP contribution in [-0.2, 0) is 6.18 Å². The molecule has 8 heteroatoms. The Bertz CT molecular complexity index is 689. The van der Waals surface area contributed by atoms with Gasteiger partial charge in [0.05, 0.1) is 6.20 Å². The smallest absolute Gasteiger partial charge is 0.434 e. The molecule has 2 aromatic heterocycles. The van der Waals surface area contributed by atoms with E-state index in [-0.39, 0.29) is 11.6 Å². The van der Waals surface area contributed by atoms with Crippen LogP contribution < -0.4 is 0 Å². The summed E-state index contributed by atoms with van der Waals surface area (Å²) in [5.74, 6) is -1.51. The molecule has 1 saturated carbocycles. The number of nitrogens with zero attached hydrogens (tertiary/aromatic N) is 3. The number of aromatic nitrogens is 3. The topological polar surface area (TPSA) is 67.5 Å². The van der Waals surface area contributed by atoms with Crippen molar-refractivity contribution in [2.45, 2.75) is 31.4 Å².